The number of aromatic nitrogens is 3. The lowest BCUT2D eigenvalue weighted by atomic mass is 10.2. The highest BCUT2D eigenvalue weighted by Crippen LogP contribution is 2.00. The van der Waals surface area contributed by atoms with Gasteiger partial charge in [-0.15, -0.1) is 0 Å². The number of aromatic amines is 1. The Morgan fingerprint density at radius 3 is 2.69 bits per heavy atom. The van der Waals surface area contributed by atoms with Crippen LogP contribution < -0.4 is 16.2 Å². The van der Waals surface area contributed by atoms with E-state index in [0.717, 1.165) is 17.9 Å². The summed E-state index contributed by atoms with van der Waals surface area (Å²) < 4.78 is 14.4. The van der Waals surface area contributed by atoms with Crippen LogP contribution in [0.25, 0.3) is 5.82 Å². The maximum Gasteiger partial charge on any atom is 0.407 e. The highest BCUT2D eigenvalue weighted by molar-refractivity contribution is 5.92. The molecule has 0 aliphatic carbocycles. The van der Waals surface area contributed by atoms with Crippen molar-refractivity contribution in [1.82, 2.24) is 25.4 Å². The number of esters is 2. The summed E-state index contributed by atoms with van der Waals surface area (Å²) in [4.78, 5) is 61.9. The minimum atomic E-state index is -1.60. The van der Waals surface area contributed by atoms with Gasteiger partial charge in [0, 0.05) is 25.2 Å². The number of carbonyl (C=O) groups is 4. The molecule has 32 heavy (non-hydrogen) atoms. The Morgan fingerprint density at radius 2 is 2.00 bits per heavy atom. The number of methoxy groups -OCH3 is 1. The second-order valence-corrected chi connectivity index (χ2v) is 6.03. The summed E-state index contributed by atoms with van der Waals surface area (Å²) in [5, 5.41) is 16.9. The van der Waals surface area contributed by atoms with E-state index in [1.807, 2.05) is 0 Å². The zero-order valence-corrected chi connectivity index (χ0v) is 16.9. The molecule has 0 aromatic carbocycles. The summed E-state index contributed by atoms with van der Waals surface area (Å²) in [6.07, 6.45) is -1.15. The molecule has 2 aromatic rings. The zero-order valence-electron chi connectivity index (χ0n) is 16.9. The quantitative estimate of drug-likeness (QED) is 0.243. The molecule has 2 amide bonds. The highest BCUT2D eigenvalue weighted by Gasteiger charge is 2.19. The number of aliphatic hydroxyl groups is 1. The molecule has 0 saturated carbocycles. The van der Waals surface area contributed by atoms with Crippen LogP contribution in [0, 0.1) is 0 Å². The zero-order chi connectivity index (χ0) is 23.5. The molecule has 0 aliphatic rings. The summed E-state index contributed by atoms with van der Waals surface area (Å²) in [6, 6.07) is 6.01. The van der Waals surface area contributed by atoms with Crippen LogP contribution in [-0.2, 0) is 23.8 Å². The van der Waals surface area contributed by atoms with Crippen molar-refractivity contribution in [3.8, 4) is 5.82 Å². The number of aliphatic hydroxyl groups excluding tert-OH is 1. The number of hydrogen-bond acceptors (Lipinski definition) is 10. The predicted octanol–water partition coefficient (Wildman–Crippen LogP) is -1.56. The summed E-state index contributed by atoms with van der Waals surface area (Å²) in [5.74, 6) is -2.31. The Morgan fingerprint density at radius 1 is 1.22 bits per heavy atom. The van der Waals surface area contributed by atoms with Crippen molar-refractivity contribution in [2.24, 2.45) is 0 Å². The normalized spacial score (nSPS) is 11.2. The van der Waals surface area contributed by atoms with E-state index < -0.39 is 48.9 Å². The van der Waals surface area contributed by atoms with Gasteiger partial charge in [-0.05, 0) is 12.1 Å². The van der Waals surface area contributed by atoms with Gasteiger partial charge < -0.3 is 30.0 Å². The van der Waals surface area contributed by atoms with Gasteiger partial charge in [0.05, 0.1) is 7.11 Å². The van der Waals surface area contributed by atoms with Crippen LogP contribution in [0.2, 0.25) is 0 Å². The van der Waals surface area contributed by atoms with Crippen LogP contribution in [0.15, 0.2) is 35.3 Å². The number of alkyl carbamates (subject to hydrolysis) is 1. The lowest BCUT2D eigenvalue weighted by Gasteiger charge is -2.11. The average Bonchev–Trinajstić information content (AvgIpc) is 3.19. The number of ether oxygens (including phenoxy) is 3. The predicted molar refractivity (Wildman–Crippen MR) is 105 cm³/mol. The van der Waals surface area contributed by atoms with E-state index in [2.05, 4.69) is 34.9 Å². The van der Waals surface area contributed by atoms with Crippen LogP contribution in [-0.4, -0.2) is 76.9 Å². The molecule has 14 heteroatoms. The molecule has 0 spiro atoms. The largest absolute Gasteiger partial charge is 0.453 e. The fraction of sp³-hybridized carbons (Fsp3) is 0.333. The monoisotopic (exact) mass is 451 g/mol. The van der Waals surface area contributed by atoms with E-state index in [-0.39, 0.29) is 18.7 Å². The molecule has 0 aliphatic heterocycles. The van der Waals surface area contributed by atoms with E-state index in [9.17, 15) is 29.1 Å². The molecule has 2 heterocycles. The molecule has 1 unspecified atom stereocenters. The second kappa shape index (κ2) is 11.8. The SMILES string of the molecule is COC(=O)NCC(=O)OCOC(=O)C(O)CCNC(=O)c1cc(=O)n(-c2ccccn2)[nH]1. The first-order valence-electron chi connectivity index (χ1n) is 9.15. The summed E-state index contributed by atoms with van der Waals surface area (Å²) in [5.41, 5.74) is -0.529. The Bertz CT molecular complexity index is 1000. The number of nitrogens with one attached hydrogen (secondary N) is 3. The number of hydrogen-bond donors (Lipinski definition) is 4. The Hall–Kier alpha value is -4.20. The lowest BCUT2D eigenvalue weighted by molar-refractivity contribution is -0.173. The van der Waals surface area contributed by atoms with Crippen molar-refractivity contribution in [2.75, 3.05) is 27.0 Å². The van der Waals surface area contributed by atoms with Crippen molar-refractivity contribution in [3.05, 3.63) is 46.5 Å². The number of H-pyrrole nitrogens is 1. The van der Waals surface area contributed by atoms with E-state index in [0.29, 0.717) is 5.82 Å². The van der Waals surface area contributed by atoms with Gasteiger partial charge in [0.1, 0.15) is 12.2 Å². The fourth-order valence-corrected chi connectivity index (χ4v) is 2.22. The van der Waals surface area contributed by atoms with Crippen LogP contribution in [0.1, 0.15) is 16.9 Å². The minimum absolute atomic E-state index is 0.0369. The van der Waals surface area contributed by atoms with Crippen LogP contribution in [0.4, 0.5) is 4.79 Å². The van der Waals surface area contributed by atoms with Gasteiger partial charge in [0.2, 0.25) is 6.79 Å². The summed E-state index contributed by atoms with van der Waals surface area (Å²) in [6.45, 7) is -1.39. The minimum Gasteiger partial charge on any atom is -0.453 e. The Balaban J connectivity index is 1.71. The second-order valence-electron chi connectivity index (χ2n) is 6.03. The van der Waals surface area contributed by atoms with Crippen molar-refractivity contribution >= 4 is 23.9 Å². The van der Waals surface area contributed by atoms with Crippen molar-refractivity contribution < 1.29 is 38.5 Å². The molecular formula is C18H21N5O9. The summed E-state index contributed by atoms with van der Waals surface area (Å²) in [7, 11) is 1.11. The summed E-state index contributed by atoms with van der Waals surface area (Å²) >= 11 is 0. The highest BCUT2D eigenvalue weighted by atomic mass is 16.7. The van der Waals surface area contributed by atoms with Gasteiger partial charge >= 0.3 is 18.0 Å². The third-order valence-corrected chi connectivity index (χ3v) is 3.80. The standard InChI is InChI=1S/C18H21N5O9/c1-30-18(29)21-9-15(26)31-10-32-17(28)12(24)5-7-20-16(27)11-8-14(25)23(22-11)13-4-2-3-6-19-13/h2-4,6,8,12,22,24H,5,7,9-10H2,1H3,(H,20,27)(H,21,29). The molecule has 1 atom stereocenters. The van der Waals surface area contributed by atoms with Crippen molar-refractivity contribution in [2.45, 2.75) is 12.5 Å². The maximum absolute atomic E-state index is 12.2. The molecule has 0 fully saturated rings. The average molecular weight is 451 g/mol. The van der Waals surface area contributed by atoms with Gasteiger partial charge in [-0.2, -0.15) is 0 Å². The molecule has 0 bridgehead atoms. The van der Waals surface area contributed by atoms with Crippen LogP contribution in [0.5, 0.6) is 0 Å². The molecule has 0 radical (unpaired) electrons. The number of amides is 2. The number of carbonyl (C=O) groups excluding carboxylic acids is 4. The van der Waals surface area contributed by atoms with Crippen molar-refractivity contribution in [3.63, 3.8) is 0 Å². The third-order valence-electron chi connectivity index (χ3n) is 3.80. The number of pyridine rings is 1. The van der Waals surface area contributed by atoms with E-state index in [4.69, 9.17) is 0 Å². The number of nitrogens with zero attached hydrogens (tertiary/aromatic N) is 2. The maximum atomic E-state index is 12.2. The molecule has 14 nitrogen and oxygen atoms in total. The van der Waals surface area contributed by atoms with Gasteiger partial charge in [-0.3, -0.25) is 19.5 Å². The molecule has 2 rings (SSSR count). The molecule has 2 aromatic heterocycles. The molecule has 172 valence electrons. The Kier molecular flexibility index (Phi) is 8.91. The lowest BCUT2D eigenvalue weighted by Crippen LogP contribution is -2.33. The Labute approximate surface area is 180 Å². The van der Waals surface area contributed by atoms with Gasteiger partial charge in [0.25, 0.3) is 11.5 Å². The first-order chi connectivity index (χ1) is 15.3. The van der Waals surface area contributed by atoms with E-state index >= 15 is 0 Å². The van der Waals surface area contributed by atoms with E-state index in [1.165, 1.54) is 6.20 Å². The van der Waals surface area contributed by atoms with Gasteiger partial charge in [-0.25, -0.2) is 19.3 Å². The van der Waals surface area contributed by atoms with Crippen LogP contribution in [0.3, 0.4) is 0 Å². The fourth-order valence-electron chi connectivity index (χ4n) is 2.22. The topological polar surface area (TPSA) is 191 Å². The van der Waals surface area contributed by atoms with Gasteiger partial charge in [-0.1, -0.05) is 6.07 Å². The molecule has 0 saturated heterocycles. The van der Waals surface area contributed by atoms with Gasteiger partial charge in [0.15, 0.2) is 11.9 Å². The van der Waals surface area contributed by atoms with Crippen molar-refractivity contribution in [1.29, 1.82) is 0 Å². The first-order valence-corrected chi connectivity index (χ1v) is 9.15. The first kappa shape index (κ1) is 24.1. The number of rotatable bonds is 10. The molecule has 4 N–H and O–H groups in total. The molecular weight excluding hydrogens is 430 g/mol. The smallest absolute Gasteiger partial charge is 0.407 e. The van der Waals surface area contributed by atoms with Crippen LogP contribution >= 0.6 is 0 Å². The van der Waals surface area contributed by atoms with E-state index in [1.54, 1.807) is 18.2 Å². The third kappa shape index (κ3) is 7.24.